The Hall–Kier alpha value is -2.70. The molecular formula is C16H18N4O3. The molecule has 0 radical (unpaired) electrons. The number of hydrogen-bond donors (Lipinski definition) is 2. The van der Waals surface area contributed by atoms with Crippen molar-refractivity contribution in [3.05, 3.63) is 40.4 Å². The monoisotopic (exact) mass is 314 g/mol. The molecule has 2 aromatic rings. The van der Waals surface area contributed by atoms with Gasteiger partial charge in [0.25, 0.3) is 5.56 Å². The Morgan fingerprint density at radius 2 is 2.13 bits per heavy atom. The number of para-hydroxylation sites is 1. The molecule has 7 heteroatoms. The van der Waals surface area contributed by atoms with Gasteiger partial charge in [-0.15, -0.1) is 0 Å². The number of fused-ring (bicyclic) bond motifs is 1. The predicted octanol–water partition coefficient (Wildman–Crippen LogP) is 0.408. The highest BCUT2D eigenvalue weighted by Crippen LogP contribution is 2.14. The smallest absolute Gasteiger partial charge is 0.258 e. The Kier molecular flexibility index (Phi) is 4.10. The van der Waals surface area contributed by atoms with Crippen molar-refractivity contribution in [2.75, 3.05) is 13.6 Å². The van der Waals surface area contributed by atoms with Crippen LogP contribution in [0.3, 0.4) is 0 Å². The standard InChI is InChI=1S/C16H18N4O3/c1-20(16(23)10-6-7-14(21)17-8-10)9-13-18-12-5-3-2-4-11(12)15(22)19-13/h2-5,10H,6-9H2,1H3,(H,17,21)(H,18,19,22)/t10-/m0/s1. The van der Waals surface area contributed by atoms with Gasteiger partial charge in [0.1, 0.15) is 5.82 Å². The van der Waals surface area contributed by atoms with Crippen molar-refractivity contribution < 1.29 is 9.59 Å². The van der Waals surface area contributed by atoms with Crippen molar-refractivity contribution in [3.63, 3.8) is 0 Å². The van der Waals surface area contributed by atoms with Crippen LogP contribution in [0.2, 0.25) is 0 Å². The molecule has 1 aromatic heterocycles. The number of aromatic amines is 1. The second kappa shape index (κ2) is 6.20. The molecule has 2 N–H and O–H groups in total. The van der Waals surface area contributed by atoms with Crippen LogP contribution in [0.15, 0.2) is 29.1 Å². The molecule has 2 amide bonds. The van der Waals surface area contributed by atoms with Gasteiger partial charge < -0.3 is 15.2 Å². The highest BCUT2D eigenvalue weighted by Gasteiger charge is 2.27. The number of benzene rings is 1. The number of rotatable bonds is 3. The summed E-state index contributed by atoms with van der Waals surface area (Å²) in [5.74, 6) is 0.160. The fourth-order valence-electron chi connectivity index (χ4n) is 2.77. The number of nitrogens with zero attached hydrogens (tertiary/aromatic N) is 2. The molecule has 1 saturated heterocycles. The summed E-state index contributed by atoms with van der Waals surface area (Å²) in [5, 5.41) is 3.23. The molecule has 0 spiro atoms. The molecule has 2 heterocycles. The Morgan fingerprint density at radius 1 is 1.35 bits per heavy atom. The lowest BCUT2D eigenvalue weighted by atomic mass is 9.98. The average Bonchev–Trinajstić information content (AvgIpc) is 2.55. The lowest BCUT2D eigenvalue weighted by molar-refractivity contribution is -0.136. The fraction of sp³-hybridized carbons (Fsp3) is 0.375. The number of amides is 2. The van der Waals surface area contributed by atoms with Gasteiger partial charge in [0.15, 0.2) is 0 Å². The second-order valence-electron chi connectivity index (χ2n) is 5.76. The number of H-pyrrole nitrogens is 1. The first-order valence-corrected chi connectivity index (χ1v) is 7.54. The van der Waals surface area contributed by atoms with Crippen LogP contribution in [0, 0.1) is 5.92 Å². The van der Waals surface area contributed by atoms with Gasteiger partial charge in [-0.2, -0.15) is 0 Å². The van der Waals surface area contributed by atoms with Gasteiger partial charge in [-0.05, 0) is 18.6 Å². The van der Waals surface area contributed by atoms with Gasteiger partial charge in [0, 0.05) is 20.0 Å². The van der Waals surface area contributed by atoms with Gasteiger partial charge in [0.2, 0.25) is 11.8 Å². The van der Waals surface area contributed by atoms with E-state index in [0.717, 1.165) is 0 Å². The summed E-state index contributed by atoms with van der Waals surface area (Å²) in [6, 6.07) is 7.08. The number of carbonyl (C=O) groups excluding carboxylic acids is 2. The van der Waals surface area contributed by atoms with Crippen molar-refractivity contribution in [3.8, 4) is 0 Å². The second-order valence-corrected chi connectivity index (χ2v) is 5.76. The molecule has 0 bridgehead atoms. The number of aromatic nitrogens is 2. The molecule has 0 unspecified atom stereocenters. The van der Waals surface area contributed by atoms with Crippen LogP contribution in [-0.2, 0) is 16.1 Å². The number of carbonyl (C=O) groups is 2. The minimum Gasteiger partial charge on any atom is -0.355 e. The molecule has 1 fully saturated rings. The molecule has 1 aromatic carbocycles. The zero-order valence-corrected chi connectivity index (χ0v) is 12.8. The lowest BCUT2D eigenvalue weighted by Crippen LogP contribution is -2.43. The third-order valence-electron chi connectivity index (χ3n) is 4.04. The number of nitrogens with one attached hydrogen (secondary N) is 2. The molecule has 7 nitrogen and oxygen atoms in total. The molecule has 120 valence electrons. The average molecular weight is 314 g/mol. The third kappa shape index (κ3) is 3.23. The summed E-state index contributed by atoms with van der Waals surface area (Å²) < 4.78 is 0. The Labute approximate surface area is 132 Å². The first-order chi connectivity index (χ1) is 11.0. The topological polar surface area (TPSA) is 95.2 Å². The molecule has 1 aliphatic heterocycles. The maximum atomic E-state index is 12.4. The summed E-state index contributed by atoms with van der Waals surface area (Å²) in [6.45, 7) is 0.590. The van der Waals surface area contributed by atoms with E-state index in [1.165, 1.54) is 4.90 Å². The maximum absolute atomic E-state index is 12.4. The summed E-state index contributed by atoms with van der Waals surface area (Å²) in [5.41, 5.74) is 0.397. The Morgan fingerprint density at radius 3 is 2.87 bits per heavy atom. The molecule has 23 heavy (non-hydrogen) atoms. The molecule has 1 atom stereocenters. The van der Waals surface area contributed by atoms with Crippen molar-refractivity contribution >= 4 is 22.7 Å². The molecular weight excluding hydrogens is 296 g/mol. The third-order valence-corrected chi connectivity index (χ3v) is 4.04. The SMILES string of the molecule is CN(Cc1nc2ccccc2c(=O)[nH]1)C(=O)[C@H]1CCC(=O)NC1. The van der Waals surface area contributed by atoms with Crippen molar-refractivity contribution in [2.45, 2.75) is 19.4 Å². The van der Waals surface area contributed by atoms with E-state index in [0.29, 0.717) is 36.1 Å². The molecule has 1 aliphatic rings. The largest absolute Gasteiger partial charge is 0.355 e. The predicted molar refractivity (Wildman–Crippen MR) is 84.6 cm³/mol. The van der Waals surface area contributed by atoms with Crippen LogP contribution >= 0.6 is 0 Å². The van der Waals surface area contributed by atoms with E-state index in [4.69, 9.17) is 0 Å². The zero-order chi connectivity index (χ0) is 16.4. The van der Waals surface area contributed by atoms with Crippen LogP contribution in [0.4, 0.5) is 0 Å². The van der Waals surface area contributed by atoms with Crippen molar-refractivity contribution in [1.29, 1.82) is 0 Å². The molecule has 0 aliphatic carbocycles. The first-order valence-electron chi connectivity index (χ1n) is 7.54. The van der Waals surface area contributed by atoms with Gasteiger partial charge in [-0.3, -0.25) is 14.4 Å². The summed E-state index contributed by atoms with van der Waals surface area (Å²) >= 11 is 0. The Bertz CT molecular complexity index is 804. The first kappa shape index (κ1) is 15.2. The van der Waals surface area contributed by atoms with Gasteiger partial charge in [-0.1, -0.05) is 12.1 Å². The quantitative estimate of drug-likeness (QED) is 0.857. The number of piperidine rings is 1. The van der Waals surface area contributed by atoms with Gasteiger partial charge in [0.05, 0.1) is 23.4 Å². The normalized spacial score (nSPS) is 17.8. The van der Waals surface area contributed by atoms with E-state index in [9.17, 15) is 14.4 Å². The highest BCUT2D eigenvalue weighted by molar-refractivity contribution is 5.83. The lowest BCUT2D eigenvalue weighted by Gasteiger charge is -2.26. The summed E-state index contributed by atoms with van der Waals surface area (Å²) in [6.07, 6.45) is 0.923. The van der Waals surface area contributed by atoms with Crippen molar-refractivity contribution in [2.24, 2.45) is 5.92 Å². The highest BCUT2D eigenvalue weighted by atomic mass is 16.2. The molecule has 0 saturated carbocycles. The van der Waals surface area contributed by atoms with Crippen LogP contribution in [0.5, 0.6) is 0 Å². The van der Waals surface area contributed by atoms with E-state index in [1.54, 1.807) is 25.2 Å². The minimum absolute atomic E-state index is 0.0165. The molecule has 3 rings (SSSR count). The van der Waals surface area contributed by atoms with Crippen LogP contribution in [0.1, 0.15) is 18.7 Å². The van der Waals surface area contributed by atoms with Gasteiger partial charge >= 0.3 is 0 Å². The van der Waals surface area contributed by atoms with E-state index < -0.39 is 0 Å². The van der Waals surface area contributed by atoms with Crippen LogP contribution in [-0.4, -0.2) is 40.3 Å². The van der Waals surface area contributed by atoms with E-state index in [-0.39, 0.29) is 29.8 Å². The van der Waals surface area contributed by atoms with E-state index >= 15 is 0 Å². The maximum Gasteiger partial charge on any atom is 0.258 e. The van der Waals surface area contributed by atoms with Crippen LogP contribution in [0.25, 0.3) is 10.9 Å². The van der Waals surface area contributed by atoms with Crippen LogP contribution < -0.4 is 10.9 Å². The van der Waals surface area contributed by atoms with E-state index in [1.807, 2.05) is 6.07 Å². The zero-order valence-electron chi connectivity index (χ0n) is 12.8. The number of hydrogen-bond acceptors (Lipinski definition) is 4. The minimum atomic E-state index is -0.218. The Balaban J connectivity index is 1.74. The summed E-state index contributed by atoms with van der Waals surface area (Å²) in [4.78, 5) is 44.3. The summed E-state index contributed by atoms with van der Waals surface area (Å²) in [7, 11) is 1.67. The fourth-order valence-corrected chi connectivity index (χ4v) is 2.77. The van der Waals surface area contributed by atoms with Gasteiger partial charge in [-0.25, -0.2) is 4.98 Å². The van der Waals surface area contributed by atoms with Crippen molar-refractivity contribution in [1.82, 2.24) is 20.2 Å². The van der Waals surface area contributed by atoms with E-state index in [2.05, 4.69) is 15.3 Å².